The number of anilines is 1. The summed E-state index contributed by atoms with van der Waals surface area (Å²) in [5.41, 5.74) is 2.58. The van der Waals surface area contributed by atoms with Gasteiger partial charge in [-0.05, 0) is 62.6 Å². The summed E-state index contributed by atoms with van der Waals surface area (Å²) in [5, 5.41) is 13.5. The molecule has 1 aliphatic heterocycles. The molecule has 0 radical (unpaired) electrons. The van der Waals surface area contributed by atoms with Gasteiger partial charge in [-0.15, -0.1) is 24.0 Å². The van der Waals surface area contributed by atoms with Crippen LogP contribution in [0.25, 0.3) is 0 Å². The topological polar surface area (TPSA) is 60.3 Å². The van der Waals surface area contributed by atoms with Crippen molar-refractivity contribution in [2.45, 2.75) is 51.7 Å². The van der Waals surface area contributed by atoms with E-state index < -0.39 is 6.10 Å². The monoisotopic (exact) mass is 530 g/mol. The average Bonchev–Trinajstić information content (AvgIpc) is 3.56. The van der Waals surface area contributed by atoms with Crippen molar-refractivity contribution >= 4 is 35.6 Å². The molecule has 1 atom stereocenters. The highest BCUT2D eigenvalue weighted by Crippen LogP contribution is 2.28. The number of piperidine rings is 1. The summed E-state index contributed by atoms with van der Waals surface area (Å²) < 4.78 is 5.57. The van der Waals surface area contributed by atoms with E-state index in [9.17, 15) is 5.11 Å². The highest BCUT2D eigenvalue weighted by molar-refractivity contribution is 14.0. The molecule has 0 bridgehead atoms. The van der Waals surface area contributed by atoms with Crippen molar-refractivity contribution in [3.8, 4) is 0 Å². The molecule has 2 fully saturated rings. The molecule has 1 unspecified atom stereocenters. The van der Waals surface area contributed by atoms with Crippen LogP contribution in [0.1, 0.15) is 44.6 Å². The highest BCUT2D eigenvalue weighted by atomic mass is 127. The van der Waals surface area contributed by atoms with Crippen molar-refractivity contribution in [1.29, 1.82) is 0 Å². The maximum absolute atomic E-state index is 10.1. The van der Waals surface area contributed by atoms with Gasteiger partial charge in [-0.2, -0.15) is 0 Å². The fourth-order valence-corrected chi connectivity index (χ4v) is 3.68. The second kappa shape index (κ2) is 13.4. The summed E-state index contributed by atoms with van der Waals surface area (Å²) in [6.45, 7) is 7.46. The number of aliphatic hydroxyl groups excluding tert-OH is 1. The van der Waals surface area contributed by atoms with Crippen LogP contribution in [0.3, 0.4) is 0 Å². The zero-order valence-corrected chi connectivity index (χ0v) is 20.9. The normalized spacial score (nSPS) is 18.0. The minimum absolute atomic E-state index is 0. The highest BCUT2D eigenvalue weighted by Gasteiger charge is 2.21. The predicted molar refractivity (Wildman–Crippen MR) is 135 cm³/mol. The molecule has 0 aromatic heterocycles. The minimum atomic E-state index is -0.556. The van der Waals surface area contributed by atoms with Gasteiger partial charge in [0.05, 0.1) is 19.3 Å². The number of aliphatic imine (C=N–C) groups is 1. The third kappa shape index (κ3) is 8.59. The maximum atomic E-state index is 10.1. The van der Waals surface area contributed by atoms with Gasteiger partial charge in [-0.3, -0.25) is 4.99 Å². The molecule has 1 saturated carbocycles. The molecular formula is C23H39IN4O2. The molecule has 2 aliphatic rings. The van der Waals surface area contributed by atoms with Gasteiger partial charge in [0.2, 0.25) is 0 Å². The van der Waals surface area contributed by atoms with Crippen LogP contribution < -0.4 is 10.2 Å². The van der Waals surface area contributed by atoms with E-state index in [1.54, 1.807) is 0 Å². The summed E-state index contributed by atoms with van der Waals surface area (Å²) >= 11 is 0. The lowest BCUT2D eigenvalue weighted by atomic mass is 10.1. The summed E-state index contributed by atoms with van der Waals surface area (Å²) in [6.07, 6.45) is 5.92. The van der Waals surface area contributed by atoms with Gasteiger partial charge in [0.25, 0.3) is 0 Å². The van der Waals surface area contributed by atoms with Gasteiger partial charge in [-0.1, -0.05) is 12.1 Å². The Kier molecular flexibility index (Phi) is 11.2. The molecule has 1 saturated heterocycles. The first-order valence-corrected chi connectivity index (χ1v) is 11.2. The zero-order chi connectivity index (χ0) is 20.5. The number of halogens is 1. The van der Waals surface area contributed by atoms with Crippen LogP contribution in [-0.4, -0.2) is 68.5 Å². The summed E-state index contributed by atoms with van der Waals surface area (Å²) in [7, 11) is 2.04. The van der Waals surface area contributed by atoms with Gasteiger partial charge in [-0.25, -0.2) is 0 Å². The number of nitrogens with zero attached hydrogens (tertiary/aromatic N) is 3. The second-order valence-electron chi connectivity index (χ2n) is 8.40. The van der Waals surface area contributed by atoms with E-state index in [2.05, 4.69) is 51.3 Å². The smallest absolute Gasteiger partial charge is 0.194 e. The molecular weight excluding hydrogens is 491 g/mol. The van der Waals surface area contributed by atoms with Crippen LogP contribution in [0.4, 0.5) is 5.69 Å². The molecule has 3 rings (SSSR count). The molecule has 0 spiro atoms. The van der Waals surface area contributed by atoms with Crippen LogP contribution in [0.5, 0.6) is 0 Å². The minimum Gasteiger partial charge on any atom is -0.389 e. The van der Waals surface area contributed by atoms with E-state index in [-0.39, 0.29) is 24.0 Å². The van der Waals surface area contributed by atoms with E-state index >= 15 is 0 Å². The fraction of sp³-hybridized carbons (Fsp3) is 0.696. The first-order valence-electron chi connectivity index (χ1n) is 11.2. The van der Waals surface area contributed by atoms with E-state index in [1.807, 2.05) is 7.05 Å². The lowest BCUT2D eigenvalue weighted by Gasteiger charge is -2.29. The lowest BCUT2D eigenvalue weighted by molar-refractivity contribution is 0.0367. The van der Waals surface area contributed by atoms with Gasteiger partial charge in [0, 0.05) is 45.5 Å². The van der Waals surface area contributed by atoms with Crippen LogP contribution in [0.15, 0.2) is 29.3 Å². The number of nitrogens with one attached hydrogen (secondary N) is 1. The number of rotatable bonds is 10. The molecule has 1 aromatic carbocycles. The van der Waals surface area contributed by atoms with E-state index in [0.29, 0.717) is 13.2 Å². The predicted octanol–water partition coefficient (Wildman–Crippen LogP) is 3.48. The summed E-state index contributed by atoms with van der Waals surface area (Å²) in [6, 6.07) is 8.90. The van der Waals surface area contributed by atoms with Crippen molar-refractivity contribution in [1.82, 2.24) is 10.2 Å². The Balaban J connectivity index is 0.00000320. The Morgan fingerprint density at radius 2 is 1.93 bits per heavy atom. The van der Waals surface area contributed by atoms with Crippen LogP contribution >= 0.6 is 24.0 Å². The quantitative estimate of drug-likeness (QED) is 0.276. The number of hydrogen-bond donors (Lipinski definition) is 2. The van der Waals surface area contributed by atoms with Crippen molar-refractivity contribution < 1.29 is 9.84 Å². The molecule has 7 heteroatoms. The fourth-order valence-electron chi connectivity index (χ4n) is 3.68. The van der Waals surface area contributed by atoms with Crippen molar-refractivity contribution in [2.75, 3.05) is 51.3 Å². The molecule has 1 aliphatic carbocycles. The van der Waals surface area contributed by atoms with Crippen molar-refractivity contribution in [3.05, 3.63) is 29.8 Å². The first kappa shape index (κ1) is 25.2. The Bertz CT molecular complexity index is 631. The number of benzene rings is 1. The summed E-state index contributed by atoms with van der Waals surface area (Å²) in [5.74, 6) is 1.53. The number of aliphatic hydroxyl groups is 1. The SMILES string of the molecule is CCNC(=NCC(O)COCC1CC1)N(C)Cc1ccc(N2CCCCC2)cc1.I. The largest absolute Gasteiger partial charge is 0.389 e. The summed E-state index contributed by atoms with van der Waals surface area (Å²) in [4.78, 5) is 9.20. The standard InChI is InChI=1S/C23H38N4O2.HI/c1-3-24-23(25-15-22(28)18-29-17-20-7-8-20)26(2)16-19-9-11-21(12-10-19)27-13-5-4-6-14-27;/h9-12,20,22,28H,3-8,13-18H2,1-2H3,(H,24,25);1H. The van der Waals surface area contributed by atoms with Crippen LogP contribution in [-0.2, 0) is 11.3 Å². The Morgan fingerprint density at radius 3 is 2.57 bits per heavy atom. The Hall–Kier alpha value is -1.06. The van der Waals surface area contributed by atoms with Gasteiger partial charge >= 0.3 is 0 Å². The lowest BCUT2D eigenvalue weighted by Crippen LogP contribution is -2.39. The van der Waals surface area contributed by atoms with Crippen molar-refractivity contribution in [2.24, 2.45) is 10.9 Å². The average molecular weight is 530 g/mol. The van der Waals surface area contributed by atoms with Gasteiger partial charge < -0.3 is 25.0 Å². The number of hydrogen-bond acceptors (Lipinski definition) is 4. The molecule has 6 nitrogen and oxygen atoms in total. The van der Waals surface area contributed by atoms with Crippen molar-refractivity contribution in [3.63, 3.8) is 0 Å². The first-order chi connectivity index (χ1) is 14.2. The van der Waals surface area contributed by atoms with Gasteiger partial charge in [0.15, 0.2) is 5.96 Å². The zero-order valence-electron chi connectivity index (χ0n) is 18.6. The van der Waals surface area contributed by atoms with Crippen LogP contribution in [0, 0.1) is 5.92 Å². The van der Waals surface area contributed by atoms with E-state index in [1.165, 1.54) is 56.4 Å². The third-order valence-electron chi connectivity index (χ3n) is 5.59. The molecule has 2 N–H and O–H groups in total. The number of ether oxygens (including phenoxy) is 1. The Morgan fingerprint density at radius 1 is 1.23 bits per heavy atom. The molecule has 170 valence electrons. The van der Waals surface area contributed by atoms with E-state index in [0.717, 1.165) is 31.6 Å². The Labute approximate surface area is 199 Å². The van der Waals surface area contributed by atoms with Crippen LogP contribution in [0.2, 0.25) is 0 Å². The maximum Gasteiger partial charge on any atom is 0.194 e. The molecule has 1 aromatic rings. The van der Waals surface area contributed by atoms with Gasteiger partial charge in [0.1, 0.15) is 0 Å². The number of guanidine groups is 1. The molecule has 1 heterocycles. The molecule has 30 heavy (non-hydrogen) atoms. The van der Waals surface area contributed by atoms with E-state index in [4.69, 9.17) is 4.74 Å². The molecule has 0 amide bonds. The second-order valence-corrected chi connectivity index (χ2v) is 8.40. The third-order valence-corrected chi connectivity index (χ3v) is 5.59.